The van der Waals surface area contributed by atoms with Crippen molar-refractivity contribution >= 4 is 17.5 Å². The third-order valence-corrected chi connectivity index (χ3v) is 4.00. The maximum Gasteiger partial charge on any atom is 0.256 e. The maximum absolute atomic E-state index is 12.2. The van der Waals surface area contributed by atoms with Gasteiger partial charge < -0.3 is 5.32 Å². The molecule has 4 nitrogen and oxygen atoms in total. The predicted octanol–water partition coefficient (Wildman–Crippen LogP) is 2.83. The third kappa shape index (κ3) is 2.86. The molecule has 0 bridgehead atoms. The van der Waals surface area contributed by atoms with Crippen molar-refractivity contribution < 1.29 is 4.79 Å². The van der Waals surface area contributed by atoms with Crippen LogP contribution >= 0.6 is 11.6 Å². The van der Waals surface area contributed by atoms with Crippen molar-refractivity contribution in [1.29, 1.82) is 0 Å². The monoisotopic (exact) mass is 269 g/mol. The van der Waals surface area contributed by atoms with Crippen LogP contribution < -0.4 is 5.32 Å². The van der Waals surface area contributed by atoms with Crippen molar-refractivity contribution in [3.05, 3.63) is 16.4 Å². The van der Waals surface area contributed by atoms with Crippen LogP contribution in [0.15, 0.2) is 0 Å². The minimum Gasteiger partial charge on any atom is -0.349 e. The van der Waals surface area contributed by atoms with Gasteiger partial charge in [-0.15, -0.1) is 0 Å². The zero-order valence-corrected chi connectivity index (χ0v) is 11.8. The second-order valence-corrected chi connectivity index (χ2v) is 5.39. The van der Waals surface area contributed by atoms with Crippen molar-refractivity contribution in [2.24, 2.45) is 7.05 Å². The number of hydrogen-bond acceptors (Lipinski definition) is 2. The molecule has 1 aromatic heterocycles. The highest BCUT2D eigenvalue weighted by atomic mass is 35.5. The van der Waals surface area contributed by atoms with E-state index in [1.807, 2.05) is 6.92 Å². The van der Waals surface area contributed by atoms with E-state index >= 15 is 0 Å². The smallest absolute Gasteiger partial charge is 0.256 e. The largest absolute Gasteiger partial charge is 0.349 e. The Morgan fingerprint density at radius 2 is 1.94 bits per heavy atom. The fraction of sp³-hybridized carbons (Fsp3) is 0.692. The number of hydrogen-bond donors (Lipinski definition) is 1. The van der Waals surface area contributed by atoms with Gasteiger partial charge in [-0.05, 0) is 19.8 Å². The Hall–Kier alpha value is -1.03. The molecule has 100 valence electrons. The van der Waals surface area contributed by atoms with E-state index in [0.29, 0.717) is 16.4 Å². The summed E-state index contributed by atoms with van der Waals surface area (Å²) in [5.74, 6) is -0.0856. The standard InChI is InChI=1S/C13H20ClN3O/c1-9-11(12(14)17(2)16-9)13(18)15-10-7-5-3-4-6-8-10/h10H,3-8H2,1-2H3,(H,15,18). The highest BCUT2D eigenvalue weighted by Crippen LogP contribution is 2.21. The van der Waals surface area contributed by atoms with Crippen LogP contribution in [0.1, 0.15) is 54.6 Å². The number of rotatable bonds is 2. The number of carbonyl (C=O) groups excluding carboxylic acids is 1. The lowest BCUT2D eigenvalue weighted by atomic mass is 10.1. The van der Waals surface area contributed by atoms with Gasteiger partial charge in [0.2, 0.25) is 0 Å². The molecule has 2 rings (SSSR count). The summed E-state index contributed by atoms with van der Waals surface area (Å²) in [5, 5.41) is 7.68. The van der Waals surface area contributed by atoms with Gasteiger partial charge in [0.25, 0.3) is 5.91 Å². The lowest BCUT2D eigenvalue weighted by Crippen LogP contribution is -2.34. The van der Waals surface area contributed by atoms with Gasteiger partial charge in [0.05, 0.1) is 11.3 Å². The van der Waals surface area contributed by atoms with Crippen molar-refractivity contribution in [2.45, 2.75) is 51.5 Å². The normalized spacial score (nSPS) is 17.5. The molecule has 0 spiro atoms. The van der Waals surface area contributed by atoms with E-state index < -0.39 is 0 Å². The van der Waals surface area contributed by atoms with Gasteiger partial charge >= 0.3 is 0 Å². The second kappa shape index (κ2) is 5.74. The third-order valence-electron chi connectivity index (χ3n) is 3.57. The van der Waals surface area contributed by atoms with Crippen LogP contribution in [0.4, 0.5) is 0 Å². The van der Waals surface area contributed by atoms with Crippen LogP contribution in [0.5, 0.6) is 0 Å². The summed E-state index contributed by atoms with van der Waals surface area (Å²) in [7, 11) is 1.75. The summed E-state index contributed by atoms with van der Waals surface area (Å²) in [6.45, 7) is 1.81. The zero-order valence-electron chi connectivity index (χ0n) is 11.0. The van der Waals surface area contributed by atoms with Gasteiger partial charge in [0.15, 0.2) is 0 Å². The van der Waals surface area contributed by atoms with Gasteiger partial charge in [-0.1, -0.05) is 37.3 Å². The van der Waals surface area contributed by atoms with E-state index in [9.17, 15) is 4.79 Å². The SMILES string of the molecule is Cc1nn(C)c(Cl)c1C(=O)NC1CCCCCC1. The molecule has 1 aliphatic carbocycles. The van der Waals surface area contributed by atoms with Gasteiger partial charge in [0.1, 0.15) is 5.15 Å². The molecule has 1 aliphatic rings. The summed E-state index contributed by atoms with van der Waals surface area (Å²) in [6.07, 6.45) is 7.10. The van der Waals surface area contributed by atoms with Gasteiger partial charge in [0, 0.05) is 13.1 Å². The van der Waals surface area contributed by atoms with E-state index in [-0.39, 0.29) is 11.9 Å². The number of aromatic nitrogens is 2. The molecule has 1 amide bonds. The van der Waals surface area contributed by atoms with Crippen LogP contribution in [0.2, 0.25) is 5.15 Å². The number of amides is 1. The first-order chi connectivity index (χ1) is 8.59. The molecule has 0 aliphatic heterocycles. The van der Waals surface area contributed by atoms with Crippen molar-refractivity contribution in [1.82, 2.24) is 15.1 Å². The lowest BCUT2D eigenvalue weighted by Gasteiger charge is -2.16. The minimum absolute atomic E-state index is 0.0856. The molecule has 5 heteroatoms. The van der Waals surface area contributed by atoms with E-state index in [2.05, 4.69) is 10.4 Å². The van der Waals surface area contributed by atoms with Crippen LogP contribution in [0.3, 0.4) is 0 Å². The molecular formula is C13H20ClN3O. The van der Waals surface area contributed by atoms with E-state index in [1.165, 1.54) is 25.7 Å². The van der Waals surface area contributed by atoms with Crippen molar-refractivity contribution in [3.63, 3.8) is 0 Å². The Labute approximate surface area is 113 Å². The molecule has 0 aromatic carbocycles. The molecule has 18 heavy (non-hydrogen) atoms. The first-order valence-corrected chi connectivity index (χ1v) is 6.97. The summed E-state index contributed by atoms with van der Waals surface area (Å²) >= 11 is 6.10. The lowest BCUT2D eigenvalue weighted by molar-refractivity contribution is 0.0933. The average molecular weight is 270 g/mol. The Kier molecular flexibility index (Phi) is 4.27. The Balaban J connectivity index is 2.06. The Bertz CT molecular complexity index is 434. The van der Waals surface area contributed by atoms with Crippen molar-refractivity contribution in [2.75, 3.05) is 0 Å². The fourth-order valence-electron chi connectivity index (χ4n) is 2.57. The minimum atomic E-state index is -0.0856. The number of carbonyl (C=O) groups is 1. The molecule has 0 saturated heterocycles. The molecule has 1 aromatic rings. The molecule has 1 saturated carbocycles. The van der Waals surface area contributed by atoms with Crippen LogP contribution in [0.25, 0.3) is 0 Å². The van der Waals surface area contributed by atoms with E-state index in [4.69, 9.17) is 11.6 Å². The summed E-state index contributed by atoms with van der Waals surface area (Å²) < 4.78 is 1.54. The quantitative estimate of drug-likeness (QED) is 0.840. The molecule has 1 N–H and O–H groups in total. The first kappa shape index (κ1) is 13.4. The summed E-state index contributed by atoms with van der Waals surface area (Å²) in [5.41, 5.74) is 1.21. The van der Waals surface area contributed by atoms with E-state index in [1.54, 1.807) is 11.7 Å². The molecular weight excluding hydrogens is 250 g/mol. The molecule has 0 atom stereocenters. The highest BCUT2D eigenvalue weighted by molar-refractivity contribution is 6.33. The van der Waals surface area contributed by atoms with Gasteiger partial charge in [-0.3, -0.25) is 9.48 Å². The topological polar surface area (TPSA) is 46.9 Å². The number of nitrogens with one attached hydrogen (secondary N) is 1. The molecule has 0 unspecified atom stereocenters. The summed E-state index contributed by atoms with van der Waals surface area (Å²) in [6, 6.07) is 0.288. The zero-order chi connectivity index (χ0) is 13.1. The van der Waals surface area contributed by atoms with Crippen LogP contribution in [-0.2, 0) is 7.05 Å². The Morgan fingerprint density at radius 1 is 1.33 bits per heavy atom. The van der Waals surface area contributed by atoms with E-state index in [0.717, 1.165) is 12.8 Å². The number of nitrogens with zero attached hydrogens (tertiary/aromatic N) is 2. The predicted molar refractivity (Wildman–Crippen MR) is 71.9 cm³/mol. The molecule has 0 radical (unpaired) electrons. The van der Waals surface area contributed by atoms with Crippen LogP contribution in [-0.4, -0.2) is 21.7 Å². The van der Waals surface area contributed by atoms with Crippen molar-refractivity contribution in [3.8, 4) is 0 Å². The number of aryl methyl sites for hydroxylation is 2. The molecule has 1 heterocycles. The number of halogens is 1. The van der Waals surface area contributed by atoms with Gasteiger partial charge in [-0.2, -0.15) is 5.10 Å². The highest BCUT2D eigenvalue weighted by Gasteiger charge is 2.22. The average Bonchev–Trinajstić information content (AvgIpc) is 2.52. The fourth-order valence-corrected chi connectivity index (χ4v) is 2.83. The first-order valence-electron chi connectivity index (χ1n) is 6.59. The Morgan fingerprint density at radius 3 is 2.44 bits per heavy atom. The summed E-state index contributed by atoms with van der Waals surface area (Å²) in [4.78, 5) is 12.2. The maximum atomic E-state index is 12.2. The molecule has 1 fully saturated rings. The second-order valence-electron chi connectivity index (χ2n) is 5.04. The van der Waals surface area contributed by atoms with Gasteiger partial charge in [-0.25, -0.2) is 0 Å². The van der Waals surface area contributed by atoms with Crippen LogP contribution in [0, 0.1) is 6.92 Å².